The second kappa shape index (κ2) is 101. The first-order chi connectivity index (χ1) is 62.1. The summed E-state index contributed by atoms with van der Waals surface area (Å²) in [7, 11) is 13.4. The Labute approximate surface area is 776 Å². The molecule has 768 valence electrons. The Bertz CT molecular complexity index is 1710. The van der Waals surface area contributed by atoms with Crippen LogP contribution in [0.5, 0.6) is 0 Å². The summed E-state index contributed by atoms with van der Waals surface area (Å²) >= 11 is 0. The second-order valence-electron chi connectivity index (χ2n) is 34.0. The molecule has 18 unspecified atom stereocenters. The van der Waals surface area contributed by atoms with E-state index in [4.69, 9.17) is 134 Å². The van der Waals surface area contributed by atoms with Crippen LogP contribution in [0.3, 0.4) is 0 Å². The molecule has 0 saturated carbocycles. The van der Waals surface area contributed by atoms with Gasteiger partial charge in [0.05, 0.1) is 80.4 Å². The molecule has 28 heteroatoms. The second-order valence-corrected chi connectivity index (χ2v) is 34.0. The summed E-state index contributed by atoms with van der Waals surface area (Å²) < 4.78 is 122. The van der Waals surface area contributed by atoms with Crippen molar-refractivity contribution < 1.29 is 134 Å². The monoisotopic (exact) mass is 1840 g/mol. The lowest BCUT2D eigenvalue weighted by molar-refractivity contribution is -0.236. The minimum Gasteiger partial charge on any atom is -0.400 e. The normalized spacial score (nSPS) is 31.3. The van der Waals surface area contributed by atoms with Crippen molar-refractivity contribution in [3.05, 3.63) is 0 Å². The van der Waals surface area contributed by atoms with Crippen molar-refractivity contribution in [2.24, 2.45) is 0 Å². The van der Waals surface area contributed by atoms with Gasteiger partial charge in [0.15, 0.2) is 44.0 Å². The molecule has 16 saturated heterocycles. The molecule has 0 bridgehead atoms. The van der Waals surface area contributed by atoms with E-state index in [9.17, 15) is 0 Å². The van der Waals surface area contributed by atoms with Crippen LogP contribution in [0.4, 0.5) is 0 Å². The van der Waals surface area contributed by atoms with E-state index < -0.39 is 0 Å². The number of hydrogen-bond donors (Lipinski definition) is 5. The van der Waals surface area contributed by atoms with Crippen molar-refractivity contribution in [2.45, 2.75) is 469 Å². The standard InChI is InChI=1S/C11H20O4.C11H20O3.4C6H12O2.8C6H12O.5CH4O/c1-12-10-6-5-9(8-14-10)15-11-4-2-3-7-13-11;1-9-5-6-10(8-13-9)14-11-4-2-3-7-12-11;4*1-7-6-4-2-3-5-8-6;8*1-6-4-2-3-5-7-6;5*1-2/h9-11H,2-8H2,1H3;9-11H,2-8H2,1H3;4*6H,2-5H2,1H3;8*6H,2-5H2,1H3;5*2H,1H3. The minimum absolute atomic E-state index is 0.00792. The Morgan fingerprint density at radius 3 is 0.409 bits per heavy atom. The maximum Gasteiger partial charge on any atom is 0.158 e. The summed E-state index contributed by atoms with van der Waals surface area (Å²) in [5, 5.41) is 35.0. The Hall–Kier alpha value is -1.12. The highest BCUT2D eigenvalue weighted by Crippen LogP contribution is 2.25. The lowest BCUT2D eigenvalue weighted by Gasteiger charge is -2.32. The lowest BCUT2D eigenvalue weighted by Crippen LogP contribution is -2.36. The van der Waals surface area contributed by atoms with Crippen LogP contribution in [0.25, 0.3) is 0 Å². The van der Waals surface area contributed by atoms with Crippen LogP contribution in [-0.2, 0) is 109 Å². The first-order valence-corrected chi connectivity index (χ1v) is 50.1. The molecule has 16 rings (SSSR count). The smallest absolute Gasteiger partial charge is 0.158 e. The highest BCUT2D eigenvalue weighted by molar-refractivity contribution is 4.71. The number of rotatable bonds is 9. The number of aliphatic hydroxyl groups is 5. The van der Waals surface area contributed by atoms with E-state index in [1.54, 1.807) is 35.5 Å². The van der Waals surface area contributed by atoms with Gasteiger partial charge in [-0.15, -0.1) is 0 Å². The van der Waals surface area contributed by atoms with Gasteiger partial charge in [-0.3, -0.25) is 0 Å². The van der Waals surface area contributed by atoms with Crippen molar-refractivity contribution in [2.75, 3.05) is 177 Å². The van der Waals surface area contributed by atoms with E-state index in [1.807, 2.05) is 0 Å². The van der Waals surface area contributed by atoms with Gasteiger partial charge in [0, 0.05) is 170 Å². The van der Waals surface area contributed by atoms with Crippen molar-refractivity contribution in [1.29, 1.82) is 0 Å². The fourth-order valence-corrected chi connectivity index (χ4v) is 14.8. The predicted molar refractivity (Wildman–Crippen MR) is 505 cm³/mol. The van der Waals surface area contributed by atoms with Gasteiger partial charge >= 0.3 is 0 Å². The first-order valence-electron chi connectivity index (χ1n) is 50.1. The molecule has 28 nitrogen and oxygen atoms in total. The van der Waals surface area contributed by atoms with Crippen LogP contribution >= 0.6 is 0 Å². The van der Waals surface area contributed by atoms with Crippen LogP contribution in [0.2, 0.25) is 0 Å². The molecule has 0 aliphatic carbocycles. The molecule has 16 heterocycles. The first kappa shape index (κ1) is 130. The average molecular weight is 1840 g/mol. The third-order valence-corrected chi connectivity index (χ3v) is 22.7. The van der Waals surface area contributed by atoms with E-state index in [-0.39, 0.29) is 56.2 Å². The van der Waals surface area contributed by atoms with Gasteiger partial charge in [-0.1, -0.05) is 0 Å². The van der Waals surface area contributed by atoms with Crippen LogP contribution in [-0.4, -0.2) is 314 Å². The highest BCUT2D eigenvalue weighted by atomic mass is 16.7. The van der Waals surface area contributed by atoms with Crippen molar-refractivity contribution in [1.82, 2.24) is 0 Å². The molecule has 16 aliphatic heterocycles. The van der Waals surface area contributed by atoms with E-state index in [0.717, 1.165) is 205 Å². The molecule has 0 aromatic rings. The summed E-state index contributed by atoms with van der Waals surface area (Å²) in [5.74, 6) is 0. The summed E-state index contributed by atoms with van der Waals surface area (Å²) in [4.78, 5) is 0. The molecule has 5 N–H and O–H groups in total. The van der Waals surface area contributed by atoms with Gasteiger partial charge in [-0.05, 0) is 351 Å². The molecule has 0 radical (unpaired) electrons. The van der Waals surface area contributed by atoms with Crippen LogP contribution in [0.1, 0.15) is 358 Å². The fraction of sp³-hybridized carbons (Fsp3) is 1.00. The van der Waals surface area contributed by atoms with Gasteiger partial charge < -0.3 is 134 Å². The van der Waals surface area contributed by atoms with Crippen LogP contribution in [0.15, 0.2) is 0 Å². The minimum atomic E-state index is -0.0443. The number of methoxy groups -OCH3 is 5. The maximum absolute atomic E-state index is 7.00. The van der Waals surface area contributed by atoms with Crippen LogP contribution in [0, 0.1) is 0 Å². The third-order valence-electron chi connectivity index (χ3n) is 22.7. The molecule has 0 aromatic heterocycles. The van der Waals surface area contributed by atoms with E-state index >= 15 is 0 Å². The molecule has 127 heavy (non-hydrogen) atoms. The molecule has 0 amide bonds. The summed E-state index contributed by atoms with van der Waals surface area (Å²) in [5.41, 5.74) is 0. The van der Waals surface area contributed by atoms with Gasteiger partial charge in [0.1, 0.15) is 0 Å². The molecule has 0 aromatic carbocycles. The quantitative estimate of drug-likeness (QED) is 0.143. The van der Waals surface area contributed by atoms with Gasteiger partial charge in [0.2, 0.25) is 0 Å². The fourth-order valence-electron chi connectivity index (χ4n) is 14.8. The molecule has 16 fully saturated rings. The predicted octanol–water partition coefficient (Wildman–Crippen LogP) is 19.1. The lowest BCUT2D eigenvalue weighted by atomic mass is 10.1. The Morgan fingerprint density at radius 2 is 0.299 bits per heavy atom. The van der Waals surface area contributed by atoms with Gasteiger partial charge in [-0.2, -0.15) is 0 Å². The number of ether oxygens (including phenoxy) is 23. The van der Waals surface area contributed by atoms with Gasteiger partial charge in [-0.25, -0.2) is 0 Å². The third kappa shape index (κ3) is 85.1. The number of aliphatic hydroxyl groups excluding tert-OH is 5. The molecular formula is C99H204O28. The van der Waals surface area contributed by atoms with Crippen LogP contribution < -0.4 is 0 Å². The Kier molecular flexibility index (Phi) is 103. The van der Waals surface area contributed by atoms with Crippen molar-refractivity contribution in [3.63, 3.8) is 0 Å². The topological polar surface area (TPSA) is 313 Å². The SMILES string of the molecule is CC1CCC(OC2CCCCO2)CO1.CC1CCCCO1.CC1CCCCO1.CC1CCCCO1.CC1CCCCO1.CC1CCCCO1.CC1CCCCO1.CC1CCCCO1.CC1CCCCO1.CO.CO.CO.CO.CO.COC1CCC(OC2CCCCO2)CO1.COC1CCCCO1.COC1CCCCO1.COC1CCCCO1.COC1CCCCO1. The van der Waals surface area contributed by atoms with E-state index in [2.05, 4.69) is 62.3 Å². The summed E-state index contributed by atoms with van der Waals surface area (Å²) in [6.45, 7) is 33.7. The zero-order valence-corrected chi connectivity index (χ0v) is 84.9. The number of hydrogen-bond acceptors (Lipinski definition) is 28. The molecule has 16 aliphatic rings. The zero-order chi connectivity index (χ0) is 94.5. The Morgan fingerprint density at radius 1 is 0.150 bits per heavy atom. The molecule has 0 spiro atoms. The van der Waals surface area contributed by atoms with Crippen molar-refractivity contribution in [3.8, 4) is 0 Å². The van der Waals surface area contributed by atoms with Gasteiger partial charge in [0.25, 0.3) is 0 Å². The van der Waals surface area contributed by atoms with E-state index in [1.165, 1.54) is 225 Å². The zero-order valence-electron chi connectivity index (χ0n) is 84.9. The molecule has 18 atom stereocenters. The maximum atomic E-state index is 7.00. The molecular weight excluding hydrogens is 1640 g/mol. The average Bonchev–Trinajstić information content (AvgIpc) is 0.890. The summed E-state index contributed by atoms with van der Waals surface area (Å²) in [6.07, 6.45) is 61.6. The largest absolute Gasteiger partial charge is 0.400 e. The van der Waals surface area contributed by atoms with Crippen molar-refractivity contribution >= 4 is 0 Å². The Balaban J connectivity index is -0.00000130. The summed E-state index contributed by atoms with van der Waals surface area (Å²) in [6, 6.07) is 0. The van der Waals surface area contributed by atoms with E-state index in [0.29, 0.717) is 61.5 Å². The highest BCUT2D eigenvalue weighted by Gasteiger charge is 2.28.